The summed E-state index contributed by atoms with van der Waals surface area (Å²) in [5.41, 5.74) is 2.85. The number of hydrogen-bond donors (Lipinski definition) is 1. The first-order valence-electron chi connectivity index (χ1n) is 5.21. The summed E-state index contributed by atoms with van der Waals surface area (Å²) in [7, 11) is 0. The molecule has 0 heterocycles. The summed E-state index contributed by atoms with van der Waals surface area (Å²) in [6.07, 6.45) is 0. The molecule has 0 bridgehead atoms. The van der Waals surface area contributed by atoms with Gasteiger partial charge in [-0.1, -0.05) is 17.7 Å². The average Bonchev–Trinajstić information content (AvgIpc) is 2.31. The van der Waals surface area contributed by atoms with Crippen LogP contribution in [0.2, 0.25) is 5.02 Å². The van der Waals surface area contributed by atoms with Crippen molar-refractivity contribution in [2.24, 2.45) is 0 Å². The molecule has 4 heteroatoms. The molecule has 2 nitrogen and oxygen atoms in total. The minimum atomic E-state index is 0.107. The van der Waals surface area contributed by atoms with Crippen LogP contribution >= 0.6 is 27.5 Å². The second kappa shape index (κ2) is 5.01. The standard InChI is InChI=1S/C14H9BrClNO/c1-8-2-10(6-11(16)3-8)12-4-9(7-17)5-13(15)14(12)18/h2-6,18H,1H3. The molecule has 0 aliphatic carbocycles. The van der Waals surface area contributed by atoms with Crippen molar-refractivity contribution in [2.75, 3.05) is 0 Å². The van der Waals surface area contributed by atoms with Gasteiger partial charge in [-0.2, -0.15) is 5.26 Å². The quantitative estimate of drug-likeness (QED) is 0.830. The Kier molecular flexibility index (Phi) is 3.60. The third-order valence-electron chi connectivity index (χ3n) is 2.55. The van der Waals surface area contributed by atoms with Crippen molar-refractivity contribution in [3.63, 3.8) is 0 Å². The van der Waals surface area contributed by atoms with Gasteiger partial charge in [-0.05, 0) is 58.2 Å². The van der Waals surface area contributed by atoms with Crippen LogP contribution in [0.4, 0.5) is 0 Å². The van der Waals surface area contributed by atoms with E-state index in [4.69, 9.17) is 16.9 Å². The fourth-order valence-corrected chi connectivity index (χ4v) is 2.53. The molecule has 0 atom stereocenters. The van der Waals surface area contributed by atoms with Gasteiger partial charge in [-0.15, -0.1) is 0 Å². The van der Waals surface area contributed by atoms with Gasteiger partial charge in [0.05, 0.1) is 16.1 Å². The Morgan fingerprint density at radius 2 is 1.94 bits per heavy atom. The maximum absolute atomic E-state index is 10.1. The molecule has 0 unspecified atom stereocenters. The number of phenolic OH excluding ortho intramolecular Hbond substituents is 1. The maximum Gasteiger partial charge on any atom is 0.137 e. The van der Waals surface area contributed by atoms with Crippen molar-refractivity contribution in [3.8, 4) is 22.9 Å². The van der Waals surface area contributed by atoms with E-state index in [2.05, 4.69) is 22.0 Å². The second-order valence-corrected chi connectivity index (χ2v) is 5.27. The van der Waals surface area contributed by atoms with Gasteiger partial charge < -0.3 is 5.11 Å². The van der Waals surface area contributed by atoms with Crippen LogP contribution in [0, 0.1) is 18.3 Å². The summed E-state index contributed by atoms with van der Waals surface area (Å²) < 4.78 is 0.495. The lowest BCUT2D eigenvalue weighted by Crippen LogP contribution is -1.85. The van der Waals surface area contributed by atoms with Crippen molar-refractivity contribution in [3.05, 3.63) is 51.0 Å². The fourth-order valence-electron chi connectivity index (χ4n) is 1.78. The Morgan fingerprint density at radius 3 is 2.56 bits per heavy atom. The molecule has 0 fully saturated rings. The molecule has 2 aromatic rings. The normalized spacial score (nSPS) is 10.1. The molecule has 0 amide bonds. The first-order valence-corrected chi connectivity index (χ1v) is 6.38. The van der Waals surface area contributed by atoms with Crippen LogP contribution in [-0.2, 0) is 0 Å². The van der Waals surface area contributed by atoms with Gasteiger partial charge in [0.15, 0.2) is 0 Å². The predicted octanol–water partition coefficient (Wildman–Crippen LogP) is 4.66. The molecular weight excluding hydrogens is 314 g/mol. The topological polar surface area (TPSA) is 44.0 Å². The van der Waals surface area contributed by atoms with Crippen molar-refractivity contribution < 1.29 is 5.11 Å². The fraction of sp³-hybridized carbons (Fsp3) is 0.0714. The number of nitriles is 1. The van der Waals surface area contributed by atoms with Gasteiger partial charge in [0.1, 0.15) is 5.75 Å². The minimum Gasteiger partial charge on any atom is -0.506 e. The number of phenols is 1. The van der Waals surface area contributed by atoms with Crippen LogP contribution in [-0.4, -0.2) is 5.11 Å². The van der Waals surface area contributed by atoms with E-state index in [9.17, 15) is 5.11 Å². The van der Waals surface area contributed by atoms with Gasteiger partial charge in [-0.25, -0.2) is 0 Å². The van der Waals surface area contributed by atoms with Gasteiger partial charge in [0.2, 0.25) is 0 Å². The van der Waals surface area contributed by atoms with Crippen LogP contribution in [0.1, 0.15) is 11.1 Å². The van der Waals surface area contributed by atoms with Crippen molar-refractivity contribution in [1.29, 1.82) is 5.26 Å². The number of aryl methyl sites for hydroxylation is 1. The molecule has 0 saturated carbocycles. The summed E-state index contributed by atoms with van der Waals surface area (Å²) in [6.45, 7) is 1.93. The van der Waals surface area contributed by atoms with Crippen LogP contribution in [0.25, 0.3) is 11.1 Å². The number of halogens is 2. The Morgan fingerprint density at radius 1 is 1.22 bits per heavy atom. The van der Waals surface area contributed by atoms with Crippen molar-refractivity contribution >= 4 is 27.5 Å². The third kappa shape index (κ3) is 2.50. The Balaban J connectivity index is 2.70. The second-order valence-electron chi connectivity index (χ2n) is 3.98. The van der Waals surface area contributed by atoms with Crippen LogP contribution in [0.5, 0.6) is 5.75 Å². The Hall–Kier alpha value is -1.50. The summed E-state index contributed by atoms with van der Waals surface area (Å²) in [6, 6.07) is 10.8. The molecule has 2 rings (SSSR count). The molecule has 0 saturated heterocycles. The number of aromatic hydroxyl groups is 1. The smallest absolute Gasteiger partial charge is 0.137 e. The van der Waals surface area contributed by atoms with E-state index in [0.717, 1.165) is 11.1 Å². The molecule has 2 aromatic carbocycles. The zero-order valence-electron chi connectivity index (χ0n) is 9.54. The van der Waals surface area contributed by atoms with Crippen LogP contribution < -0.4 is 0 Å². The molecule has 0 aliphatic rings. The summed E-state index contributed by atoms with van der Waals surface area (Å²) in [5, 5.41) is 19.6. The zero-order chi connectivity index (χ0) is 13.3. The van der Waals surface area contributed by atoms with E-state index >= 15 is 0 Å². The van der Waals surface area contributed by atoms with E-state index in [0.29, 0.717) is 20.6 Å². The lowest BCUT2D eigenvalue weighted by molar-refractivity contribution is 0.474. The Labute approximate surface area is 119 Å². The SMILES string of the molecule is Cc1cc(Cl)cc(-c2cc(C#N)cc(Br)c2O)c1. The van der Waals surface area contributed by atoms with E-state index < -0.39 is 0 Å². The monoisotopic (exact) mass is 321 g/mol. The van der Waals surface area contributed by atoms with Gasteiger partial charge >= 0.3 is 0 Å². The van der Waals surface area contributed by atoms with E-state index in [1.54, 1.807) is 18.2 Å². The zero-order valence-corrected chi connectivity index (χ0v) is 11.9. The van der Waals surface area contributed by atoms with Crippen LogP contribution in [0.3, 0.4) is 0 Å². The number of rotatable bonds is 1. The summed E-state index contributed by atoms with van der Waals surface area (Å²) in [5.74, 6) is 0.107. The molecule has 0 aliphatic heterocycles. The molecule has 90 valence electrons. The van der Waals surface area contributed by atoms with Crippen molar-refractivity contribution in [2.45, 2.75) is 6.92 Å². The summed E-state index contributed by atoms with van der Waals surface area (Å²) in [4.78, 5) is 0. The molecule has 1 N–H and O–H groups in total. The van der Waals surface area contributed by atoms with E-state index in [-0.39, 0.29) is 5.75 Å². The van der Waals surface area contributed by atoms with Gasteiger partial charge in [-0.3, -0.25) is 0 Å². The van der Waals surface area contributed by atoms with Crippen molar-refractivity contribution in [1.82, 2.24) is 0 Å². The number of nitrogens with zero attached hydrogens (tertiary/aromatic N) is 1. The minimum absolute atomic E-state index is 0.107. The molecule has 0 radical (unpaired) electrons. The molecule has 0 spiro atoms. The summed E-state index contributed by atoms with van der Waals surface area (Å²) >= 11 is 9.25. The molecule has 18 heavy (non-hydrogen) atoms. The van der Waals surface area contributed by atoms with E-state index in [1.807, 2.05) is 19.1 Å². The highest BCUT2D eigenvalue weighted by Gasteiger charge is 2.11. The van der Waals surface area contributed by atoms with Gasteiger partial charge in [0.25, 0.3) is 0 Å². The average molecular weight is 323 g/mol. The maximum atomic E-state index is 10.1. The first-order chi connectivity index (χ1) is 8.51. The van der Waals surface area contributed by atoms with E-state index in [1.165, 1.54) is 0 Å². The lowest BCUT2D eigenvalue weighted by atomic mass is 10.0. The highest BCUT2D eigenvalue weighted by molar-refractivity contribution is 9.10. The number of hydrogen-bond acceptors (Lipinski definition) is 2. The van der Waals surface area contributed by atoms with Crippen LogP contribution in [0.15, 0.2) is 34.8 Å². The number of benzene rings is 2. The molecular formula is C14H9BrClNO. The highest BCUT2D eigenvalue weighted by atomic mass is 79.9. The predicted molar refractivity (Wildman–Crippen MR) is 75.7 cm³/mol. The molecule has 0 aromatic heterocycles. The Bertz CT molecular complexity index is 641. The van der Waals surface area contributed by atoms with Gasteiger partial charge in [0, 0.05) is 10.6 Å². The first kappa shape index (κ1) is 12.9. The third-order valence-corrected chi connectivity index (χ3v) is 3.37. The lowest BCUT2D eigenvalue weighted by Gasteiger charge is -2.09. The highest BCUT2D eigenvalue weighted by Crippen LogP contribution is 2.37. The largest absolute Gasteiger partial charge is 0.506 e.